The number of ether oxygens (including phenoxy) is 1. The van der Waals surface area contributed by atoms with Gasteiger partial charge in [-0.05, 0) is 24.3 Å². The summed E-state index contributed by atoms with van der Waals surface area (Å²) < 4.78 is 26.7. The van der Waals surface area contributed by atoms with Gasteiger partial charge in [0, 0.05) is 12.1 Å². The smallest absolute Gasteiger partial charge is 0.306 e. The lowest BCUT2D eigenvalue weighted by Crippen LogP contribution is -2.20. The fourth-order valence-corrected chi connectivity index (χ4v) is 1.69. The number of sulfonamides is 1. The van der Waals surface area contributed by atoms with E-state index >= 15 is 0 Å². The van der Waals surface area contributed by atoms with Crippen LogP contribution in [-0.4, -0.2) is 26.9 Å². The van der Waals surface area contributed by atoms with Gasteiger partial charge in [-0.1, -0.05) is 6.92 Å². The zero-order chi connectivity index (χ0) is 14.5. The quantitative estimate of drug-likeness (QED) is 0.751. The minimum Gasteiger partial charge on any atom is -0.456 e. The van der Waals surface area contributed by atoms with Crippen LogP contribution in [0.4, 0.5) is 5.69 Å². The first-order chi connectivity index (χ1) is 8.82. The van der Waals surface area contributed by atoms with E-state index in [2.05, 4.69) is 10.1 Å². The number of primary sulfonamides is 1. The topological polar surface area (TPSA) is 116 Å². The van der Waals surface area contributed by atoms with E-state index < -0.39 is 21.9 Å². The molecular weight excluding hydrogens is 272 g/mol. The standard InChI is InChI=1S/C11H14N2O5S/c1-2-11(15)18-7-10(14)13-8-3-5-9(6-4-8)19(12,16)17/h3-6H,2,7H2,1H3,(H,13,14)(H2,12,16,17). The monoisotopic (exact) mass is 286 g/mol. The second-order valence-corrected chi connectivity index (χ2v) is 5.19. The van der Waals surface area contributed by atoms with Gasteiger partial charge in [-0.2, -0.15) is 0 Å². The predicted molar refractivity (Wildman–Crippen MR) is 67.7 cm³/mol. The number of hydrogen-bond donors (Lipinski definition) is 2. The lowest BCUT2D eigenvalue weighted by atomic mass is 10.3. The van der Waals surface area contributed by atoms with Crippen molar-refractivity contribution in [2.45, 2.75) is 18.2 Å². The fourth-order valence-electron chi connectivity index (χ4n) is 1.17. The predicted octanol–water partition coefficient (Wildman–Crippen LogP) is 0.226. The molecule has 0 unspecified atom stereocenters. The summed E-state index contributed by atoms with van der Waals surface area (Å²) in [6, 6.07) is 5.31. The summed E-state index contributed by atoms with van der Waals surface area (Å²) in [5, 5.41) is 7.38. The average molecular weight is 286 g/mol. The van der Waals surface area contributed by atoms with Crippen LogP contribution in [0.15, 0.2) is 29.2 Å². The lowest BCUT2D eigenvalue weighted by molar-refractivity contribution is -0.146. The Morgan fingerprint density at radius 2 is 1.84 bits per heavy atom. The Labute approximate surface area is 110 Å². The van der Waals surface area contributed by atoms with Crippen LogP contribution in [0, 0.1) is 0 Å². The van der Waals surface area contributed by atoms with Gasteiger partial charge in [-0.25, -0.2) is 13.6 Å². The molecule has 0 fully saturated rings. The molecule has 1 rings (SSSR count). The second-order valence-electron chi connectivity index (χ2n) is 3.63. The Balaban J connectivity index is 2.59. The molecule has 1 aromatic rings. The number of benzene rings is 1. The number of rotatable bonds is 5. The van der Waals surface area contributed by atoms with Crippen LogP contribution in [0.5, 0.6) is 0 Å². The highest BCUT2D eigenvalue weighted by Crippen LogP contribution is 2.12. The van der Waals surface area contributed by atoms with E-state index in [9.17, 15) is 18.0 Å². The van der Waals surface area contributed by atoms with Crippen molar-refractivity contribution in [2.75, 3.05) is 11.9 Å². The van der Waals surface area contributed by atoms with Crippen LogP contribution in [0.25, 0.3) is 0 Å². The number of nitrogens with one attached hydrogen (secondary N) is 1. The lowest BCUT2D eigenvalue weighted by Gasteiger charge is -2.06. The molecular formula is C11H14N2O5S. The number of anilines is 1. The molecule has 8 heteroatoms. The molecule has 0 saturated carbocycles. The summed E-state index contributed by atoms with van der Waals surface area (Å²) in [7, 11) is -3.75. The van der Waals surface area contributed by atoms with Gasteiger partial charge in [0.15, 0.2) is 6.61 Å². The van der Waals surface area contributed by atoms with Crippen molar-refractivity contribution in [3.8, 4) is 0 Å². The molecule has 0 heterocycles. The molecule has 1 amide bonds. The van der Waals surface area contributed by atoms with Crippen LogP contribution < -0.4 is 10.5 Å². The van der Waals surface area contributed by atoms with Crippen LogP contribution in [0.3, 0.4) is 0 Å². The number of amides is 1. The molecule has 0 aliphatic rings. The van der Waals surface area contributed by atoms with E-state index in [1.54, 1.807) is 6.92 Å². The van der Waals surface area contributed by atoms with Crippen LogP contribution in [0.2, 0.25) is 0 Å². The SMILES string of the molecule is CCC(=O)OCC(=O)Nc1ccc(S(N)(=O)=O)cc1. The Kier molecular flexibility index (Phi) is 5.02. The third kappa shape index (κ3) is 5.06. The highest BCUT2D eigenvalue weighted by atomic mass is 32.2. The van der Waals surface area contributed by atoms with Crippen molar-refractivity contribution in [3.05, 3.63) is 24.3 Å². The highest BCUT2D eigenvalue weighted by Gasteiger charge is 2.09. The van der Waals surface area contributed by atoms with E-state index in [1.807, 2.05) is 0 Å². The van der Waals surface area contributed by atoms with Gasteiger partial charge in [0.05, 0.1) is 4.90 Å². The van der Waals surface area contributed by atoms with Gasteiger partial charge in [-0.3, -0.25) is 9.59 Å². The molecule has 0 aromatic heterocycles. The summed E-state index contributed by atoms with van der Waals surface area (Å²) in [5.74, 6) is -0.982. The summed E-state index contributed by atoms with van der Waals surface area (Å²) >= 11 is 0. The number of carbonyl (C=O) groups excluding carboxylic acids is 2. The van der Waals surface area contributed by atoms with E-state index in [0.29, 0.717) is 5.69 Å². The summed E-state index contributed by atoms with van der Waals surface area (Å²) in [6.07, 6.45) is 0.191. The summed E-state index contributed by atoms with van der Waals surface area (Å²) in [6.45, 7) is 1.23. The maximum Gasteiger partial charge on any atom is 0.306 e. The van der Waals surface area contributed by atoms with Gasteiger partial charge < -0.3 is 10.1 Å². The van der Waals surface area contributed by atoms with E-state index in [-0.39, 0.29) is 17.9 Å². The molecule has 19 heavy (non-hydrogen) atoms. The van der Waals surface area contributed by atoms with Crippen molar-refractivity contribution >= 4 is 27.6 Å². The second kappa shape index (κ2) is 6.30. The highest BCUT2D eigenvalue weighted by molar-refractivity contribution is 7.89. The average Bonchev–Trinajstić information content (AvgIpc) is 2.35. The maximum absolute atomic E-state index is 11.4. The van der Waals surface area contributed by atoms with Gasteiger partial charge >= 0.3 is 5.97 Å². The van der Waals surface area contributed by atoms with Crippen molar-refractivity contribution < 1.29 is 22.7 Å². The zero-order valence-electron chi connectivity index (χ0n) is 10.3. The molecule has 0 aliphatic heterocycles. The molecule has 104 valence electrons. The van der Waals surface area contributed by atoms with Gasteiger partial charge in [-0.15, -0.1) is 0 Å². The molecule has 0 saturated heterocycles. The van der Waals surface area contributed by atoms with Crippen molar-refractivity contribution in [2.24, 2.45) is 5.14 Å². The maximum atomic E-state index is 11.4. The molecule has 0 radical (unpaired) electrons. The number of carbonyl (C=O) groups is 2. The van der Waals surface area contributed by atoms with Gasteiger partial charge in [0.25, 0.3) is 5.91 Å². The Bertz CT molecular complexity index is 565. The third-order valence-electron chi connectivity index (χ3n) is 2.12. The van der Waals surface area contributed by atoms with E-state index in [1.165, 1.54) is 24.3 Å². The number of nitrogens with two attached hydrogens (primary N) is 1. The van der Waals surface area contributed by atoms with Gasteiger partial charge in [0.1, 0.15) is 0 Å². The third-order valence-corrected chi connectivity index (χ3v) is 3.05. The normalized spacial score (nSPS) is 10.8. The fraction of sp³-hybridized carbons (Fsp3) is 0.273. The summed E-state index contributed by atoms with van der Waals surface area (Å²) in [5.41, 5.74) is 0.380. The molecule has 0 bridgehead atoms. The molecule has 1 aromatic carbocycles. The number of hydrogen-bond acceptors (Lipinski definition) is 5. The molecule has 7 nitrogen and oxygen atoms in total. The first-order valence-corrected chi connectivity index (χ1v) is 6.96. The Morgan fingerprint density at radius 3 is 2.32 bits per heavy atom. The van der Waals surface area contributed by atoms with Crippen LogP contribution in [0.1, 0.15) is 13.3 Å². The first-order valence-electron chi connectivity index (χ1n) is 5.41. The molecule has 0 atom stereocenters. The minimum absolute atomic E-state index is 0.0529. The van der Waals surface area contributed by atoms with E-state index in [0.717, 1.165) is 0 Å². The zero-order valence-corrected chi connectivity index (χ0v) is 11.1. The molecule has 0 spiro atoms. The Hall–Kier alpha value is -1.93. The van der Waals surface area contributed by atoms with Crippen molar-refractivity contribution in [3.63, 3.8) is 0 Å². The van der Waals surface area contributed by atoms with Crippen molar-refractivity contribution in [1.82, 2.24) is 0 Å². The Morgan fingerprint density at radius 1 is 1.26 bits per heavy atom. The first kappa shape index (κ1) is 15.1. The minimum atomic E-state index is -3.75. The molecule has 0 aliphatic carbocycles. The van der Waals surface area contributed by atoms with Crippen LogP contribution >= 0.6 is 0 Å². The summed E-state index contributed by atoms with van der Waals surface area (Å²) in [4.78, 5) is 22.2. The van der Waals surface area contributed by atoms with E-state index in [4.69, 9.17) is 5.14 Å². The van der Waals surface area contributed by atoms with Crippen molar-refractivity contribution in [1.29, 1.82) is 0 Å². The van der Waals surface area contributed by atoms with Crippen LogP contribution in [-0.2, 0) is 24.3 Å². The number of esters is 1. The molecule has 3 N–H and O–H groups in total. The van der Waals surface area contributed by atoms with Gasteiger partial charge in [0.2, 0.25) is 10.0 Å². The largest absolute Gasteiger partial charge is 0.456 e.